The molecule has 92 valence electrons. The molecular formula is C12H15NO4. The fourth-order valence-electron chi connectivity index (χ4n) is 1.14. The first-order chi connectivity index (χ1) is 8.10. The number of rotatable bonds is 8. The van der Waals surface area contributed by atoms with Gasteiger partial charge in [-0.25, -0.2) is 0 Å². The summed E-state index contributed by atoms with van der Waals surface area (Å²) < 4.78 is 4.94. The van der Waals surface area contributed by atoms with Crippen LogP contribution in [0, 0.1) is 23.7 Å². The second-order valence-electron chi connectivity index (χ2n) is 3.44. The van der Waals surface area contributed by atoms with E-state index >= 15 is 0 Å². The number of carboxylic acid groups (broad SMARTS) is 1. The Morgan fingerprint density at radius 2 is 2.00 bits per heavy atom. The van der Waals surface area contributed by atoms with Gasteiger partial charge in [0.1, 0.15) is 0 Å². The predicted molar refractivity (Wildman–Crippen MR) is 59.7 cm³/mol. The van der Waals surface area contributed by atoms with Crippen LogP contribution in [0.15, 0.2) is 0 Å². The Kier molecular flexibility index (Phi) is 8.14. The van der Waals surface area contributed by atoms with Gasteiger partial charge in [-0.15, -0.1) is 6.42 Å². The van der Waals surface area contributed by atoms with Crippen LogP contribution in [0.3, 0.4) is 0 Å². The van der Waals surface area contributed by atoms with Gasteiger partial charge < -0.3 is 9.84 Å². The average molecular weight is 237 g/mol. The fourth-order valence-corrected chi connectivity index (χ4v) is 1.14. The van der Waals surface area contributed by atoms with Gasteiger partial charge in [-0.1, -0.05) is 5.92 Å². The molecule has 0 aliphatic carbocycles. The van der Waals surface area contributed by atoms with Gasteiger partial charge in [0.05, 0.1) is 6.07 Å². The molecule has 0 bridgehead atoms. The number of carboxylic acids is 1. The third kappa shape index (κ3) is 8.95. The van der Waals surface area contributed by atoms with Gasteiger partial charge in [0.2, 0.25) is 0 Å². The highest BCUT2D eigenvalue weighted by Crippen LogP contribution is 2.06. The van der Waals surface area contributed by atoms with Crippen molar-refractivity contribution in [2.45, 2.75) is 44.6 Å². The number of unbranched alkanes of at least 4 members (excludes halogenated alkanes) is 1. The lowest BCUT2D eigenvalue weighted by atomic mass is 10.2. The maximum absolute atomic E-state index is 11.3. The molecule has 0 aromatic rings. The normalized spacial score (nSPS) is 10.9. The standard InChI is InChI=1S/C12H15NO4/c1-2-10(6-5-9-13)17-12(16)8-4-3-7-11(14)15/h1,10H,3-8H2,(H,14,15). The lowest BCUT2D eigenvalue weighted by Gasteiger charge is -2.10. The number of hydrogen-bond acceptors (Lipinski definition) is 4. The molecule has 0 aliphatic heterocycles. The van der Waals surface area contributed by atoms with Crippen molar-refractivity contribution in [3.05, 3.63) is 0 Å². The van der Waals surface area contributed by atoms with Crippen LogP contribution in [0.5, 0.6) is 0 Å². The Balaban J connectivity index is 3.73. The highest BCUT2D eigenvalue weighted by molar-refractivity contribution is 5.70. The largest absolute Gasteiger partial charge is 0.481 e. The van der Waals surface area contributed by atoms with Gasteiger partial charge in [-0.05, 0) is 12.8 Å². The van der Waals surface area contributed by atoms with Gasteiger partial charge in [0.25, 0.3) is 0 Å². The molecule has 5 nitrogen and oxygen atoms in total. The van der Waals surface area contributed by atoms with Gasteiger partial charge in [-0.2, -0.15) is 5.26 Å². The van der Waals surface area contributed by atoms with Crippen molar-refractivity contribution in [3.8, 4) is 18.4 Å². The van der Waals surface area contributed by atoms with E-state index in [2.05, 4.69) is 5.92 Å². The summed E-state index contributed by atoms with van der Waals surface area (Å²) in [6.45, 7) is 0. The third-order valence-corrected chi connectivity index (χ3v) is 2.00. The highest BCUT2D eigenvalue weighted by atomic mass is 16.5. The van der Waals surface area contributed by atoms with Gasteiger partial charge in [0.15, 0.2) is 6.10 Å². The van der Waals surface area contributed by atoms with Gasteiger partial charge >= 0.3 is 11.9 Å². The van der Waals surface area contributed by atoms with E-state index in [0.717, 1.165) is 0 Å². The van der Waals surface area contributed by atoms with Crippen LogP contribution in [-0.2, 0) is 14.3 Å². The number of aliphatic carboxylic acids is 1. The average Bonchev–Trinajstić information content (AvgIpc) is 2.29. The molecule has 0 saturated carbocycles. The molecule has 0 rings (SSSR count). The van der Waals surface area contributed by atoms with Crippen molar-refractivity contribution in [2.24, 2.45) is 0 Å². The van der Waals surface area contributed by atoms with Crippen molar-refractivity contribution in [2.75, 3.05) is 0 Å². The van der Waals surface area contributed by atoms with Crippen LogP contribution in [0.25, 0.3) is 0 Å². The van der Waals surface area contributed by atoms with E-state index < -0.39 is 18.0 Å². The van der Waals surface area contributed by atoms with E-state index in [1.54, 1.807) is 0 Å². The number of carbonyl (C=O) groups excluding carboxylic acids is 1. The van der Waals surface area contributed by atoms with Crippen molar-refractivity contribution in [1.82, 2.24) is 0 Å². The Labute approximate surface area is 100 Å². The van der Waals surface area contributed by atoms with Crippen LogP contribution < -0.4 is 0 Å². The Morgan fingerprint density at radius 1 is 1.35 bits per heavy atom. The first-order valence-electron chi connectivity index (χ1n) is 5.34. The van der Waals surface area contributed by atoms with Crippen LogP contribution >= 0.6 is 0 Å². The first-order valence-corrected chi connectivity index (χ1v) is 5.34. The number of esters is 1. The van der Waals surface area contributed by atoms with Crippen LogP contribution in [0.1, 0.15) is 38.5 Å². The molecular weight excluding hydrogens is 222 g/mol. The molecule has 0 aliphatic rings. The Morgan fingerprint density at radius 3 is 2.53 bits per heavy atom. The summed E-state index contributed by atoms with van der Waals surface area (Å²) >= 11 is 0. The highest BCUT2D eigenvalue weighted by Gasteiger charge is 2.11. The van der Waals surface area contributed by atoms with Crippen molar-refractivity contribution < 1.29 is 19.4 Å². The molecule has 0 radical (unpaired) electrons. The quantitative estimate of drug-likeness (QED) is 0.392. The Bertz CT molecular complexity index is 337. The summed E-state index contributed by atoms with van der Waals surface area (Å²) in [5, 5.41) is 16.7. The topological polar surface area (TPSA) is 87.4 Å². The molecule has 0 heterocycles. The third-order valence-electron chi connectivity index (χ3n) is 2.00. The summed E-state index contributed by atoms with van der Waals surface area (Å²) in [4.78, 5) is 21.5. The minimum atomic E-state index is -0.881. The molecule has 1 N–H and O–H groups in total. The molecule has 0 fully saturated rings. The minimum absolute atomic E-state index is 0.0419. The van der Waals surface area contributed by atoms with E-state index in [0.29, 0.717) is 19.3 Å². The maximum atomic E-state index is 11.3. The zero-order chi connectivity index (χ0) is 13.1. The van der Waals surface area contributed by atoms with E-state index in [4.69, 9.17) is 21.5 Å². The maximum Gasteiger partial charge on any atom is 0.307 e. The summed E-state index contributed by atoms with van der Waals surface area (Å²) in [7, 11) is 0. The molecule has 1 atom stereocenters. The van der Waals surface area contributed by atoms with E-state index in [9.17, 15) is 9.59 Å². The number of ether oxygens (including phenoxy) is 1. The monoisotopic (exact) mass is 237 g/mol. The number of nitrogens with zero attached hydrogens (tertiary/aromatic N) is 1. The molecule has 5 heteroatoms. The lowest BCUT2D eigenvalue weighted by Crippen LogP contribution is -2.16. The van der Waals surface area contributed by atoms with Gasteiger partial charge in [-0.3, -0.25) is 9.59 Å². The van der Waals surface area contributed by atoms with Crippen LogP contribution in [-0.4, -0.2) is 23.1 Å². The smallest absolute Gasteiger partial charge is 0.307 e. The van der Waals surface area contributed by atoms with E-state index in [1.165, 1.54) is 0 Å². The zero-order valence-electron chi connectivity index (χ0n) is 9.52. The number of nitriles is 1. The first kappa shape index (κ1) is 15.0. The summed E-state index contributed by atoms with van der Waals surface area (Å²) in [5.74, 6) is 0.960. The van der Waals surface area contributed by atoms with Crippen molar-refractivity contribution in [1.29, 1.82) is 5.26 Å². The van der Waals surface area contributed by atoms with E-state index in [1.807, 2.05) is 6.07 Å². The minimum Gasteiger partial charge on any atom is -0.481 e. The summed E-state index contributed by atoms with van der Waals surface area (Å²) in [6, 6.07) is 1.92. The molecule has 0 aromatic heterocycles. The molecule has 0 amide bonds. The lowest BCUT2D eigenvalue weighted by molar-refractivity contribution is -0.147. The molecule has 0 aromatic carbocycles. The summed E-state index contributed by atoms with van der Waals surface area (Å²) in [6.07, 6.45) is 6.13. The summed E-state index contributed by atoms with van der Waals surface area (Å²) in [5.41, 5.74) is 0. The van der Waals surface area contributed by atoms with Crippen molar-refractivity contribution >= 4 is 11.9 Å². The molecule has 17 heavy (non-hydrogen) atoms. The SMILES string of the molecule is C#CC(CCC#N)OC(=O)CCCCC(=O)O. The number of hydrogen-bond donors (Lipinski definition) is 1. The van der Waals surface area contributed by atoms with Crippen LogP contribution in [0.4, 0.5) is 0 Å². The van der Waals surface area contributed by atoms with E-state index in [-0.39, 0.29) is 19.3 Å². The second kappa shape index (κ2) is 9.23. The zero-order valence-corrected chi connectivity index (χ0v) is 9.52. The molecule has 0 spiro atoms. The molecule has 1 unspecified atom stereocenters. The van der Waals surface area contributed by atoms with Gasteiger partial charge in [0, 0.05) is 25.7 Å². The Hall–Kier alpha value is -2.01. The van der Waals surface area contributed by atoms with Crippen LogP contribution in [0.2, 0.25) is 0 Å². The fraction of sp³-hybridized carbons (Fsp3) is 0.583. The van der Waals surface area contributed by atoms with Crippen molar-refractivity contribution in [3.63, 3.8) is 0 Å². The number of carbonyl (C=O) groups is 2. The molecule has 0 saturated heterocycles. The second-order valence-corrected chi connectivity index (χ2v) is 3.44. The predicted octanol–water partition coefficient (Wildman–Crippen LogP) is 1.48. The number of terminal acetylenes is 1.